The molecule has 1 amide bonds. The maximum absolute atomic E-state index is 12.3. The van der Waals surface area contributed by atoms with E-state index in [0.717, 1.165) is 21.3 Å². The van der Waals surface area contributed by atoms with Crippen molar-refractivity contribution in [2.24, 2.45) is 0 Å². The highest BCUT2D eigenvalue weighted by atomic mass is 32.2. The summed E-state index contributed by atoms with van der Waals surface area (Å²) < 4.78 is 5.16. The van der Waals surface area contributed by atoms with E-state index in [1.54, 1.807) is 13.2 Å². The fourth-order valence-electron chi connectivity index (χ4n) is 2.87. The molecule has 0 aliphatic carbocycles. The van der Waals surface area contributed by atoms with Gasteiger partial charge in [0.15, 0.2) is 5.16 Å². The molecule has 146 valence electrons. The summed E-state index contributed by atoms with van der Waals surface area (Å²) in [4.78, 5) is 22.1. The molecule has 29 heavy (non-hydrogen) atoms. The highest BCUT2D eigenvalue weighted by molar-refractivity contribution is 7.99. The van der Waals surface area contributed by atoms with Crippen molar-refractivity contribution >= 4 is 50.7 Å². The van der Waals surface area contributed by atoms with Crippen LogP contribution in [0.2, 0.25) is 0 Å². The number of aromatic nitrogens is 2. The Labute approximate surface area is 176 Å². The van der Waals surface area contributed by atoms with Crippen molar-refractivity contribution in [3.8, 4) is 16.9 Å². The number of thioether (sulfide) groups is 1. The van der Waals surface area contributed by atoms with E-state index in [-0.39, 0.29) is 11.7 Å². The minimum absolute atomic E-state index is 0.151. The Kier molecular flexibility index (Phi) is 5.64. The molecule has 3 N–H and O–H groups in total. The lowest BCUT2D eigenvalue weighted by Gasteiger charge is -2.07. The molecule has 0 saturated carbocycles. The van der Waals surface area contributed by atoms with Crippen LogP contribution < -0.4 is 15.8 Å². The van der Waals surface area contributed by atoms with E-state index in [4.69, 9.17) is 10.5 Å². The van der Waals surface area contributed by atoms with Crippen molar-refractivity contribution in [2.75, 3.05) is 23.9 Å². The Morgan fingerprint density at radius 2 is 2.00 bits per heavy atom. The van der Waals surface area contributed by atoms with Gasteiger partial charge in [-0.3, -0.25) is 4.79 Å². The van der Waals surface area contributed by atoms with Gasteiger partial charge in [-0.05, 0) is 17.7 Å². The quantitative estimate of drug-likeness (QED) is 0.346. The van der Waals surface area contributed by atoms with Crippen LogP contribution in [-0.2, 0) is 4.79 Å². The molecule has 2 heterocycles. The first-order chi connectivity index (χ1) is 14.1. The maximum atomic E-state index is 12.3. The number of rotatable bonds is 6. The molecule has 4 rings (SSSR count). The number of fused-ring (bicyclic) bond motifs is 1. The highest BCUT2D eigenvalue weighted by Gasteiger charge is 2.14. The number of benzene rings is 2. The molecule has 4 aromatic rings. The number of ether oxygens (including phenoxy) is 1. The van der Waals surface area contributed by atoms with Crippen LogP contribution in [0.15, 0.2) is 65.1 Å². The third-order valence-corrected chi connectivity index (χ3v) is 5.93. The van der Waals surface area contributed by atoms with Gasteiger partial charge in [0.25, 0.3) is 0 Å². The van der Waals surface area contributed by atoms with Crippen molar-refractivity contribution in [1.82, 2.24) is 9.97 Å². The highest BCUT2D eigenvalue weighted by Crippen LogP contribution is 2.36. The van der Waals surface area contributed by atoms with Crippen LogP contribution >= 0.6 is 23.1 Å². The fourth-order valence-corrected chi connectivity index (χ4v) is 4.53. The summed E-state index contributed by atoms with van der Waals surface area (Å²) in [5, 5.41) is 6.21. The number of anilines is 2. The van der Waals surface area contributed by atoms with Crippen LogP contribution in [-0.4, -0.2) is 28.7 Å². The number of nitrogens with zero attached hydrogens (tertiary/aromatic N) is 2. The first-order valence-corrected chi connectivity index (χ1v) is 10.7. The van der Waals surface area contributed by atoms with E-state index in [9.17, 15) is 4.79 Å². The predicted molar refractivity (Wildman–Crippen MR) is 120 cm³/mol. The maximum Gasteiger partial charge on any atom is 0.234 e. The zero-order chi connectivity index (χ0) is 20.2. The van der Waals surface area contributed by atoms with Crippen molar-refractivity contribution < 1.29 is 9.53 Å². The average molecular weight is 423 g/mol. The molecule has 0 unspecified atom stereocenters. The lowest BCUT2D eigenvalue weighted by Crippen LogP contribution is -2.14. The van der Waals surface area contributed by atoms with E-state index in [0.29, 0.717) is 22.4 Å². The van der Waals surface area contributed by atoms with Gasteiger partial charge < -0.3 is 15.8 Å². The number of hydrogen-bond donors (Lipinski definition) is 2. The van der Waals surface area contributed by atoms with Gasteiger partial charge in [-0.25, -0.2) is 9.97 Å². The summed E-state index contributed by atoms with van der Waals surface area (Å²) in [7, 11) is 1.59. The number of carbonyl (C=O) groups is 1. The third-order valence-electron chi connectivity index (χ3n) is 4.21. The zero-order valence-electron chi connectivity index (χ0n) is 15.6. The minimum atomic E-state index is -0.151. The monoisotopic (exact) mass is 422 g/mol. The van der Waals surface area contributed by atoms with Gasteiger partial charge in [0, 0.05) is 22.7 Å². The molecular weight excluding hydrogens is 404 g/mol. The summed E-state index contributed by atoms with van der Waals surface area (Å²) in [6.07, 6.45) is 0. The van der Waals surface area contributed by atoms with Crippen LogP contribution in [0.25, 0.3) is 21.3 Å². The van der Waals surface area contributed by atoms with Crippen LogP contribution in [0.5, 0.6) is 5.75 Å². The Hall–Kier alpha value is -3.10. The summed E-state index contributed by atoms with van der Waals surface area (Å²) in [5.41, 5.74) is 9.01. The molecular formula is C21H18N4O2S2. The van der Waals surface area contributed by atoms with Gasteiger partial charge in [-0.15, -0.1) is 11.3 Å². The zero-order valence-corrected chi connectivity index (χ0v) is 17.2. The number of thiophene rings is 1. The van der Waals surface area contributed by atoms with Crippen LogP contribution in [0, 0.1) is 0 Å². The largest absolute Gasteiger partial charge is 0.497 e. The first-order valence-electron chi connectivity index (χ1n) is 8.81. The minimum Gasteiger partial charge on any atom is -0.497 e. The molecule has 0 saturated heterocycles. The number of nitrogens with two attached hydrogens (primary N) is 1. The summed E-state index contributed by atoms with van der Waals surface area (Å²) in [6, 6.07) is 17.2. The van der Waals surface area contributed by atoms with Crippen LogP contribution in [0.1, 0.15) is 0 Å². The third kappa shape index (κ3) is 4.33. The summed E-state index contributed by atoms with van der Waals surface area (Å²) in [6.45, 7) is 0. The van der Waals surface area contributed by atoms with Crippen molar-refractivity contribution in [2.45, 2.75) is 5.16 Å². The number of nitrogen functional groups attached to an aromatic ring is 1. The van der Waals surface area contributed by atoms with Crippen LogP contribution in [0.3, 0.4) is 0 Å². The van der Waals surface area contributed by atoms with Crippen molar-refractivity contribution in [1.29, 1.82) is 0 Å². The molecule has 0 fully saturated rings. The Morgan fingerprint density at radius 1 is 1.17 bits per heavy atom. The van der Waals surface area contributed by atoms with E-state index in [2.05, 4.69) is 15.3 Å². The van der Waals surface area contributed by atoms with Crippen LogP contribution in [0.4, 0.5) is 11.5 Å². The molecule has 0 atom stereocenters. The van der Waals surface area contributed by atoms with E-state index >= 15 is 0 Å². The molecule has 2 aromatic heterocycles. The lowest BCUT2D eigenvalue weighted by atomic mass is 10.1. The number of carbonyl (C=O) groups excluding carboxylic acids is 1. The molecule has 0 spiro atoms. The van der Waals surface area contributed by atoms with Gasteiger partial charge in [-0.1, -0.05) is 48.2 Å². The lowest BCUT2D eigenvalue weighted by molar-refractivity contribution is -0.113. The van der Waals surface area contributed by atoms with Crippen molar-refractivity contribution in [3.63, 3.8) is 0 Å². The normalized spacial score (nSPS) is 10.8. The molecule has 6 nitrogen and oxygen atoms in total. The molecule has 8 heteroatoms. The van der Waals surface area contributed by atoms with Gasteiger partial charge in [-0.2, -0.15) is 0 Å². The Morgan fingerprint density at radius 3 is 2.79 bits per heavy atom. The molecule has 0 aliphatic heterocycles. The second-order valence-electron chi connectivity index (χ2n) is 6.16. The van der Waals surface area contributed by atoms with Gasteiger partial charge in [0.1, 0.15) is 16.4 Å². The van der Waals surface area contributed by atoms with E-state index in [1.165, 1.54) is 23.1 Å². The van der Waals surface area contributed by atoms with Gasteiger partial charge in [0.05, 0.1) is 18.2 Å². The average Bonchev–Trinajstić information content (AvgIpc) is 3.18. The van der Waals surface area contributed by atoms with Crippen molar-refractivity contribution in [3.05, 3.63) is 60.0 Å². The number of methoxy groups -OCH3 is 1. The SMILES string of the molecule is COc1cccc(NC(=O)CSc2nc(N)c3c(-c4ccccc4)csc3n2)c1. The van der Waals surface area contributed by atoms with E-state index in [1.807, 2.05) is 53.9 Å². The topological polar surface area (TPSA) is 90.1 Å². The Bertz CT molecular complexity index is 1160. The van der Waals surface area contributed by atoms with Gasteiger partial charge in [0.2, 0.25) is 5.91 Å². The molecule has 0 radical (unpaired) electrons. The Balaban J connectivity index is 1.48. The number of amides is 1. The second-order valence-corrected chi connectivity index (χ2v) is 7.96. The van der Waals surface area contributed by atoms with E-state index < -0.39 is 0 Å². The fraction of sp³-hybridized carbons (Fsp3) is 0.0952. The first kappa shape index (κ1) is 19.2. The summed E-state index contributed by atoms with van der Waals surface area (Å²) >= 11 is 2.77. The second kappa shape index (κ2) is 8.50. The molecule has 0 aliphatic rings. The summed E-state index contributed by atoms with van der Waals surface area (Å²) in [5.74, 6) is 1.13. The van der Waals surface area contributed by atoms with Gasteiger partial charge >= 0.3 is 0 Å². The smallest absolute Gasteiger partial charge is 0.234 e. The molecule has 2 aromatic carbocycles. The molecule has 0 bridgehead atoms. The predicted octanol–water partition coefficient (Wildman–Crippen LogP) is 4.68. The standard InChI is InChI=1S/C21H18N4O2S2/c1-27-15-9-5-8-14(10-15)23-17(26)12-29-21-24-19(22)18-16(11-28-20(18)25-21)13-6-3-2-4-7-13/h2-11H,12H2,1H3,(H,23,26)(H2,22,24,25). The number of hydrogen-bond acceptors (Lipinski definition) is 7. The number of nitrogens with one attached hydrogen (secondary N) is 1.